The average molecular weight is 211 g/mol. The number of aliphatic hydroxyl groups is 1. The highest BCUT2D eigenvalue weighted by molar-refractivity contribution is 5.41. The number of ether oxygens (including phenoxy) is 2. The molecule has 1 atom stereocenters. The van der Waals surface area contributed by atoms with Crippen LogP contribution in [0.1, 0.15) is 17.2 Å². The van der Waals surface area contributed by atoms with Gasteiger partial charge in [0.2, 0.25) is 0 Å². The van der Waals surface area contributed by atoms with Crippen molar-refractivity contribution < 1.29 is 14.6 Å². The zero-order chi connectivity index (χ0) is 11.3. The minimum atomic E-state index is -0.716. The van der Waals surface area contributed by atoms with E-state index in [1.54, 1.807) is 20.3 Å². The average Bonchev–Trinajstić information content (AvgIpc) is 2.28. The molecule has 0 aliphatic rings. The Hall–Kier alpha value is -1.10. The van der Waals surface area contributed by atoms with Gasteiger partial charge in [-0.15, -0.1) is 0 Å². The van der Waals surface area contributed by atoms with Crippen molar-refractivity contribution in [1.82, 2.24) is 0 Å². The normalized spacial score (nSPS) is 12.5. The van der Waals surface area contributed by atoms with Crippen molar-refractivity contribution in [3.8, 4) is 5.75 Å². The summed E-state index contributed by atoms with van der Waals surface area (Å²) in [4.78, 5) is 0. The maximum atomic E-state index is 9.79. The first-order valence-corrected chi connectivity index (χ1v) is 4.77. The first-order valence-electron chi connectivity index (χ1n) is 4.77. The van der Waals surface area contributed by atoms with Gasteiger partial charge >= 0.3 is 0 Å². The summed E-state index contributed by atoms with van der Waals surface area (Å²) in [5.74, 6) is 0.641. The lowest BCUT2D eigenvalue weighted by atomic mass is 10.0. The van der Waals surface area contributed by atoms with Crippen molar-refractivity contribution in [3.63, 3.8) is 0 Å². The van der Waals surface area contributed by atoms with Crippen molar-refractivity contribution >= 4 is 0 Å². The van der Waals surface area contributed by atoms with Gasteiger partial charge in [-0.05, 0) is 11.6 Å². The monoisotopic (exact) mass is 211 g/mol. The summed E-state index contributed by atoms with van der Waals surface area (Å²) in [5.41, 5.74) is 7.06. The van der Waals surface area contributed by atoms with E-state index >= 15 is 0 Å². The van der Waals surface area contributed by atoms with Crippen molar-refractivity contribution in [2.45, 2.75) is 12.7 Å². The van der Waals surface area contributed by atoms with Crippen molar-refractivity contribution in [2.24, 2.45) is 5.73 Å². The fourth-order valence-corrected chi connectivity index (χ4v) is 1.54. The number of hydrogen-bond acceptors (Lipinski definition) is 4. The van der Waals surface area contributed by atoms with Crippen LogP contribution in [0.5, 0.6) is 5.75 Å². The second-order valence-corrected chi connectivity index (χ2v) is 3.22. The third-order valence-corrected chi connectivity index (χ3v) is 2.23. The lowest BCUT2D eigenvalue weighted by Gasteiger charge is -2.17. The summed E-state index contributed by atoms with van der Waals surface area (Å²) in [6.07, 6.45) is -0.716. The molecule has 1 rings (SSSR count). The maximum Gasteiger partial charge on any atom is 0.125 e. The van der Waals surface area contributed by atoms with E-state index in [0.29, 0.717) is 17.9 Å². The SMILES string of the molecule is COCc1cccc(OC)c1C(O)CN. The van der Waals surface area contributed by atoms with Gasteiger partial charge in [0.15, 0.2) is 0 Å². The maximum absolute atomic E-state index is 9.79. The second-order valence-electron chi connectivity index (χ2n) is 3.22. The zero-order valence-electron chi connectivity index (χ0n) is 9.06. The van der Waals surface area contributed by atoms with Crippen molar-refractivity contribution in [1.29, 1.82) is 0 Å². The van der Waals surface area contributed by atoms with Crippen LogP contribution in [0.15, 0.2) is 18.2 Å². The second kappa shape index (κ2) is 5.70. The molecule has 0 heterocycles. The molecule has 15 heavy (non-hydrogen) atoms. The molecule has 4 heteroatoms. The molecule has 0 radical (unpaired) electrons. The summed E-state index contributed by atoms with van der Waals surface area (Å²) in [6, 6.07) is 5.55. The van der Waals surface area contributed by atoms with Gasteiger partial charge in [-0.1, -0.05) is 12.1 Å². The van der Waals surface area contributed by atoms with Crippen LogP contribution in [-0.2, 0) is 11.3 Å². The smallest absolute Gasteiger partial charge is 0.125 e. The first-order chi connectivity index (χ1) is 7.24. The third kappa shape index (κ3) is 2.68. The van der Waals surface area contributed by atoms with E-state index in [9.17, 15) is 5.11 Å². The lowest BCUT2D eigenvalue weighted by Crippen LogP contribution is -2.15. The van der Waals surface area contributed by atoms with Crippen LogP contribution in [0.25, 0.3) is 0 Å². The lowest BCUT2D eigenvalue weighted by molar-refractivity contribution is 0.163. The van der Waals surface area contributed by atoms with Gasteiger partial charge in [0, 0.05) is 19.2 Å². The molecule has 0 aliphatic carbocycles. The number of aliphatic hydroxyl groups excluding tert-OH is 1. The highest BCUT2D eigenvalue weighted by Crippen LogP contribution is 2.28. The molecule has 1 aromatic rings. The van der Waals surface area contributed by atoms with Crippen molar-refractivity contribution in [2.75, 3.05) is 20.8 Å². The molecule has 0 aromatic heterocycles. The van der Waals surface area contributed by atoms with Gasteiger partial charge < -0.3 is 20.3 Å². The Bertz CT molecular complexity index is 315. The Labute approximate surface area is 89.6 Å². The predicted molar refractivity (Wildman–Crippen MR) is 57.7 cm³/mol. The molecule has 0 fully saturated rings. The van der Waals surface area contributed by atoms with E-state index in [1.165, 1.54) is 0 Å². The van der Waals surface area contributed by atoms with E-state index in [0.717, 1.165) is 5.56 Å². The molecule has 0 spiro atoms. The van der Waals surface area contributed by atoms with E-state index in [2.05, 4.69) is 0 Å². The topological polar surface area (TPSA) is 64.7 Å². The van der Waals surface area contributed by atoms with Gasteiger partial charge in [0.1, 0.15) is 5.75 Å². The summed E-state index contributed by atoms with van der Waals surface area (Å²) in [7, 11) is 3.18. The highest BCUT2D eigenvalue weighted by atomic mass is 16.5. The van der Waals surface area contributed by atoms with Crippen LogP contribution < -0.4 is 10.5 Å². The summed E-state index contributed by atoms with van der Waals surface area (Å²) < 4.78 is 10.2. The van der Waals surface area contributed by atoms with Gasteiger partial charge in [-0.2, -0.15) is 0 Å². The largest absolute Gasteiger partial charge is 0.496 e. The summed E-state index contributed by atoms with van der Waals surface area (Å²) in [6.45, 7) is 0.598. The molecule has 3 N–H and O–H groups in total. The number of hydrogen-bond donors (Lipinski definition) is 2. The number of rotatable bonds is 5. The Kier molecular flexibility index (Phi) is 4.55. The molecule has 4 nitrogen and oxygen atoms in total. The summed E-state index contributed by atoms with van der Waals surface area (Å²) in [5, 5.41) is 9.79. The summed E-state index contributed by atoms with van der Waals surface area (Å²) >= 11 is 0. The zero-order valence-corrected chi connectivity index (χ0v) is 9.06. The molecule has 0 saturated carbocycles. The predicted octanol–water partition coefficient (Wildman–Crippen LogP) is 0.834. The van der Waals surface area contributed by atoms with Crippen LogP contribution in [0, 0.1) is 0 Å². The molecular weight excluding hydrogens is 194 g/mol. The molecule has 0 aliphatic heterocycles. The van der Waals surface area contributed by atoms with Crippen LogP contribution in [0.3, 0.4) is 0 Å². The van der Waals surface area contributed by atoms with Crippen LogP contribution in [0.4, 0.5) is 0 Å². The standard InChI is InChI=1S/C11H17NO3/c1-14-7-8-4-3-5-10(15-2)11(8)9(13)6-12/h3-5,9,13H,6-7,12H2,1-2H3. The van der Waals surface area contributed by atoms with Gasteiger partial charge in [0.25, 0.3) is 0 Å². The molecule has 0 amide bonds. The van der Waals surface area contributed by atoms with E-state index in [-0.39, 0.29) is 6.54 Å². The molecule has 1 aromatic carbocycles. The number of methoxy groups -OCH3 is 2. The molecule has 84 valence electrons. The molecule has 1 unspecified atom stereocenters. The highest BCUT2D eigenvalue weighted by Gasteiger charge is 2.15. The van der Waals surface area contributed by atoms with Crippen LogP contribution in [0.2, 0.25) is 0 Å². The van der Waals surface area contributed by atoms with Crippen molar-refractivity contribution in [3.05, 3.63) is 29.3 Å². The van der Waals surface area contributed by atoms with E-state index in [1.807, 2.05) is 12.1 Å². The number of benzene rings is 1. The fourth-order valence-electron chi connectivity index (χ4n) is 1.54. The Balaban J connectivity index is 3.14. The minimum absolute atomic E-state index is 0.164. The first kappa shape index (κ1) is 12.0. The van der Waals surface area contributed by atoms with Crippen LogP contribution in [-0.4, -0.2) is 25.9 Å². The van der Waals surface area contributed by atoms with Gasteiger partial charge in [-0.25, -0.2) is 0 Å². The van der Waals surface area contributed by atoms with E-state index < -0.39 is 6.10 Å². The fraction of sp³-hybridized carbons (Fsp3) is 0.455. The Morgan fingerprint density at radius 1 is 1.40 bits per heavy atom. The van der Waals surface area contributed by atoms with Gasteiger partial charge in [0.05, 0.1) is 19.8 Å². The molecular formula is C11H17NO3. The third-order valence-electron chi connectivity index (χ3n) is 2.23. The van der Waals surface area contributed by atoms with Crippen LogP contribution >= 0.6 is 0 Å². The van der Waals surface area contributed by atoms with Gasteiger partial charge in [-0.3, -0.25) is 0 Å². The minimum Gasteiger partial charge on any atom is -0.496 e. The molecule has 0 saturated heterocycles. The Morgan fingerprint density at radius 2 is 2.13 bits per heavy atom. The molecule has 0 bridgehead atoms. The number of nitrogens with two attached hydrogens (primary N) is 1. The van der Waals surface area contributed by atoms with E-state index in [4.69, 9.17) is 15.2 Å². The Morgan fingerprint density at radius 3 is 2.67 bits per heavy atom. The quantitative estimate of drug-likeness (QED) is 0.757.